The number of hydrogen-bond acceptors (Lipinski definition) is 2. The van der Waals surface area contributed by atoms with Crippen LogP contribution in [-0.2, 0) is 0 Å². The first-order chi connectivity index (χ1) is 13.1. The SMILES string of the molecule is O=C(Nc1cc(Cl)ccc1Cl)Nc1ccccc1-c1cn2ccccc2n1. The lowest BCUT2D eigenvalue weighted by Gasteiger charge is -2.12. The molecule has 27 heavy (non-hydrogen) atoms. The van der Waals surface area contributed by atoms with E-state index in [1.807, 2.05) is 59.3 Å². The Hall–Kier alpha value is -3.02. The summed E-state index contributed by atoms with van der Waals surface area (Å²) in [6.07, 6.45) is 3.84. The van der Waals surface area contributed by atoms with E-state index in [0.29, 0.717) is 21.4 Å². The van der Waals surface area contributed by atoms with E-state index in [4.69, 9.17) is 23.2 Å². The smallest absolute Gasteiger partial charge is 0.307 e. The molecule has 2 aromatic carbocycles. The van der Waals surface area contributed by atoms with Gasteiger partial charge in [-0.15, -0.1) is 0 Å². The minimum Gasteiger partial charge on any atom is -0.307 e. The molecule has 2 heterocycles. The van der Waals surface area contributed by atoms with Crippen LogP contribution in [0.4, 0.5) is 16.2 Å². The van der Waals surface area contributed by atoms with Crippen LogP contribution in [0.1, 0.15) is 0 Å². The number of benzene rings is 2. The fourth-order valence-corrected chi connectivity index (χ4v) is 3.09. The predicted molar refractivity (Wildman–Crippen MR) is 110 cm³/mol. The highest BCUT2D eigenvalue weighted by atomic mass is 35.5. The number of nitrogens with zero attached hydrogens (tertiary/aromatic N) is 2. The van der Waals surface area contributed by atoms with Crippen LogP contribution in [0.5, 0.6) is 0 Å². The van der Waals surface area contributed by atoms with Crippen molar-refractivity contribution in [3.8, 4) is 11.3 Å². The number of rotatable bonds is 3. The van der Waals surface area contributed by atoms with Gasteiger partial charge in [0.25, 0.3) is 0 Å². The van der Waals surface area contributed by atoms with Crippen molar-refractivity contribution in [3.05, 3.63) is 83.1 Å². The number of carbonyl (C=O) groups excluding carboxylic acids is 1. The number of halogens is 2. The lowest BCUT2D eigenvalue weighted by atomic mass is 10.1. The number of aromatic nitrogens is 2. The molecule has 0 aliphatic heterocycles. The quantitative estimate of drug-likeness (QED) is 0.449. The minimum absolute atomic E-state index is 0.406. The fraction of sp³-hybridized carbons (Fsp3) is 0. The third-order valence-electron chi connectivity index (χ3n) is 3.99. The van der Waals surface area contributed by atoms with Gasteiger partial charge in [0, 0.05) is 23.0 Å². The number of anilines is 2. The van der Waals surface area contributed by atoms with Gasteiger partial charge in [-0.05, 0) is 36.4 Å². The molecule has 2 amide bonds. The standard InChI is InChI=1S/C20H14Cl2N4O/c21-13-8-9-15(22)17(11-13)25-20(27)24-16-6-2-1-5-14(16)18-12-26-10-4-3-7-19(26)23-18/h1-12H,(H2,24,25,27). The molecule has 134 valence electrons. The Morgan fingerprint density at radius 1 is 0.926 bits per heavy atom. The van der Waals surface area contributed by atoms with Gasteiger partial charge in [-0.2, -0.15) is 0 Å². The zero-order valence-corrected chi connectivity index (χ0v) is 15.5. The first kappa shape index (κ1) is 17.4. The highest BCUT2D eigenvalue weighted by molar-refractivity contribution is 6.35. The summed E-state index contributed by atoms with van der Waals surface area (Å²) in [7, 11) is 0. The fourth-order valence-electron chi connectivity index (χ4n) is 2.75. The van der Waals surface area contributed by atoms with Crippen molar-refractivity contribution < 1.29 is 4.79 Å². The van der Waals surface area contributed by atoms with Crippen molar-refractivity contribution in [1.29, 1.82) is 0 Å². The number of urea groups is 1. The van der Waals surface area contributed by atoms with E-state index in [-0.39, 0.29) is 0 Å². The molecule has 0 saturated heterocycles. The average Bonchev–Trinajstić information content (AvgIpc) is 3.09. The molecule has 5 nitrogen and oxygen atoms in total. The van der Waals surface area contributed by atoms with E-state index in [2.05, 4.69) is 15.6 Å². The normalized spacial score (nSPS) is 10.7. The van der Waals surface area contributed by atoms with Gasteiger partial charge in [-0.25, -0.2) is 9.78 Å². The summed E-state index contributed by atoms with van der Waals surface area (Å²) in [5.74, 6) is 0. The maximum absolute atomic E-state index is 12.5. The van der Waals surface area contributed by atoms with E-state index < -0.39 is 6.03 Å². The van der Waals surface area contributed by atoms with Crippen LogP contribution in [0, 0.1) is 0 Å². The molecule has 0 unspecified atom stereocenters. The van der Waals surface area contributed by atoms with Crippen LogP contribution in [-0.4, -0.2) is 15.4 Å². The molecular formula is C20H14Cl2N4O. The topological polar surface area (TPSA) is 58.4 Å². The molecule has 0 saturated carbocycles. The summed E-state index contributed by atoms with van der Waals surface area (Å²) in [5, 5.41) is 6.45. The molecule has 0 aliphatic rings. The predicted octanol–water partition coefficient (Wildman–Crippen LogP) is 5.95. The molecule has 0 atom stereocenters. The van der Waals surface area contributed by atoms with Gasteiger partial charge < -0.3 is 15.0 Å². The van der Waals surface area contributed by atoms with Crippen LogP contribution in [0.15, 0.2) is 73.1 Å². The number of amides is 2. The van der Waals surface area contributed by atoms with Gasteiger partial charge in [-0.3, -0.25) is 0 Å². The van der Waals surface area contributed by atoms with Crippen molar-refractivity contribution in [2.24, 2.45) is 0 Å². The Kier molecular flexibility index (Phi) is 4.71. The van der Waals surface area contributed by atoms with Crippen molar-refractivity contribution in [1.82, 2.24) is 9.38 Å². The maximum Gasteiger partial charge on any atom is 0.323 e. The van der Waals surface area contributed by atoms with Gasteiger partial charge in [0.1, 0.15) is 5.65 Å². The molecule has 4 aromatic rings. The maximum atomic E-state index is 12.5. The second-order valence-electron chi connectivity index (χ2n) is 5.84. The molecule has 2 N–H and O–H groups in total. The summed E-state index contributed by atoms with van der Waals surface area (Å²) in [6, 6.07) is 17.7. The van der Waals surface area contributed by atoms with Gasteiger partial charge in [-0.1, -0.05) is 47.5 Å². The lowest BCUT2D eigenvalue weighted by Crippen LogP contribution is -2.20. The van der Waals surface area contributed by atoms with Gasteiger partial charge in [0.05, 0.1) is 22.1 Å². The Morgan fingerprint density at radius 3 is 2.56 bits per heavy atom. The van der Waals surface area contributed by atoms with Crippen LogP contribution in [0.25, 0.3) is 16.9 Å². The number of hydrogen-bond donors (Lipinski definition) is 2. The van der Waals surface area contributed by atoms with E-state index in [1.165, 1.54) is 0 Å². The van der Waals surface area contributed by atoms with E-state index in [1.54, 1.807) is 18.2 Å². The summed E-state index contributed by atoms with van der Waals surface area (Å²) >= 11 is 12.1. The molecule has 2 aromatic heterocycles. The number of carbonyl (C=O) groups is 1. The van der Waals surface area contributed by atoms with Crippen molar-refractivity contribution in [3.63, 3.8) is 0 Å². The Balaban J connectivity index is 1.61. The number of imidazole rings is 1. The molecule has 0 bridgehead atoms. The van der Waals surface area contributed by atoms with Crippen LogP contribution in [0.3, 0.4) is 0 Å². The molecule has 0 aliphatic carbocycles. The van der Waals surface area contributed by atoms with E-state index in [9.17, 15) is 4.79 Å². The average molecular weight is 397 g/mol. The zero-order valence-electron chi connectivity index (χ0n) is 14.0. The van der Waals surface area contributed by atoms with Crippen molar-refractivity contribution in [2.75, 3.05) is 10.6 Å². The Labute approximate surface area is 165 Å². The Morgan fingerprint density at radius 2 is 1.70 bits per heavy atom. The third-order valence-corrected chi connectivity index (χ3v) is 4.56. The lowest BCUT2D eigenvalue weighted by molar-refractivity contribution is 0.262. The van der Waals surface area contributed by atoms with E-state index in [0.717, 1.165) is 16.9 Å². The molecular weight excluding hydrogens is 383 g/mol. The van der Waals surface area contributed by atoms with Crippen LogP contribution in [0.2, 0.25) is 10.0 Å². The van der Waals surface area contributed by atoms with Crippen molar-refractivity contribution >= 4 is 46.3 Å². The monoisotopic (exact) mass is 396 g/mol. The van der Waals surface area contributed by atoms with Gasteiger partial charge >= 0.3 is 6.03 Å². The number of fused-ring (bicyclic) bond motifs is 1. The summed E-state index contributed by atoms with van der Waals surface area (Å²) in [6.45, 7) is 0. The number of nitrogens with one attached hydrogen (secondary N) is 2. The summed E-state index contributed by atoms with van der Waals surface area (Å²) in [5.41, 5.74) is 3.48. The third kappa shape index (κ3) is 3.74. The van der Waals surface area contributed by atoms with Crippen LogP contribution >= 0.6 is 23.2 Å². The molecule has 4 rings (SSSR count). The summed E-state index contributed by atoms with van der Waals surface area (Å²) < 4.78 is 1.93. The largest absolute Gasteiger partial charge is 0.323 e. The minimum atomic E-state index is -0.421. The molecule has 0 radical (unpaired) electrons. The zero-order chi connectivity index (χ0) is 18.8. The molecule has 0 spiro atoms. The number of para-hydroxylation sites is 1. The van der Waals surface area contributed by atoms with Crippen LogP contribution < -0.4 is 10.6 Å². The number of pyridine rings is 1. The highest BCUT2D eigenvalue weighted by Crippen LogP contribution is 2.29. The second-order valence-corrected chi connectivity index (χ2v) is 6.68. The first-order valence-corrected chi connectivity index (χ1v) is 8.92. The van der Waals surface area contributed by atoms with E-state index >= 15 is 0 Å². The molecule has 0 fully saturated rings. The summed E-state index contributed by atoms with van der Waals surface area (Å²) in [4.78, 5) is 17.1. The highest BCUT2D eigenvalue weighted by Gasteiger charge is 2.12. The first-order valence-electron chi connectivity index (χ1n) is 8.16. The van der Waals surface area contributed by atoms with Crippen molar-refractivity contribution in [2.45, 2.75) is 0 Å². The molecule has 7 heteroatoms. The second kappa shape index (κ2) is 7.31. The van der Waals surface area contributed by atoms with Gasteiger partial charge in [0.2, 0.25) is 0 Å². The Bertz CT molecular complexity index is 1110. The van der Waals surface area contributed by atoms with Gasteiger partial charge in [0.15, 0.2) is 0 Å².